The summed E-state index contributed by atoms with van der Waals surface area (Å²) in [6.45, 7) is 4.01. The fraction of sp³-hybridized carbons (Fsp3) is 0.333. The van der Waals surface area contributed by atoms with Gasteiger partial charge < -0.3 is 15.3 Å². The van der Waals surface area contributed by atoms with Crippen molar-refractivity contribution in [3.8, 4) is 5.75 Å². The Kier molecular flexibility index (Phi) is 6.42. The molecular weight excluding hydrogens is 404 g/mol. The molecule has 2 atom stereocenters. The largest absolute Gasteiger partial charge is 0.507 e. The molecule has 2 aromatic carbocycles. The molecule has 9 heteroatoms. The minimum Gasteiger partial charge on any atom is -0.507 e. The first-order valence-electron chi connectivity index (χ1n) is 9.63. The van der Waals surface area contributed by atoms with Crippen molar-refractivity contribution < 1.29 is 18.3 Å². The maximum Gasteiger partial charge on any atom is 0.240 e. The monoisotopic (exact) mass is 430 g/mol. The highest BCUT2D eigenvalue weighted by atomic mass is 32.2. The molecule has 8 nitrogen and oxygen atoms in total. The van der Waals surface area contributed by atoms with Crippen molar-refractivity contribution in [2.75, 3.05) is 23.8 Å². The quantitative estimate of drug-likeness (QED) is 0.609. The molecule has 1 amide bonds. The Balaban J connectivity index is 1.72. The fourth-order valence-corrected chi connectivity index (χ4v) is 4.95. The molecule has 0 saturated carbocycles. The first kappa shape index (κ1) is 21.8. The van der Waals surface area contributed by atoms with Crippen LogP contribution in [0.25, 0.3) is 0 Å². The summed E-state index contributed by atoms with van der Waals surface area (Å²) in [6, 6.07) is 11.0. The molecule has 160 valence electrons. The number of benzene rings is 2. The number of hydrogen-bond donors (Lipinski definition) is 3. The minimum atomic E-state index is -3.71. The molecule has 0 aromatic heterocycles. The van der Waals surface area contributed by atoms with Crippen LogP contribution in [0.5, 0.6) is 5.75 Å². The highest BCUT2D eigenvalue weighted by molar-refractivity contribution is 7.89. The lowest BCUT2D eigenvalue weighted by Gasteiger charge is -2.27. The number of anilines is 2. The van der Waals surface area contributed by atoms with Gasteiger partial charge in [-0.15, -0.1) is 0 Å². The standard InChI is InChI=1S/C21H26N4O4S/c1-14-20(10-11-25(14)18-7-4-16(13-22-3)21(27)12-18)24-30(28,29)19-8-5-17(6-9-19)23-15(2)26/h4-9,12-14,20,24,27H,10-11H2,1-3H3,(H,23,26)/t14-,20+/m0/s1. The van der Waals surface area contributed by atoms with Gasteiger partial charge in [-0.25, -0.2) is 13.1 Å². The van der Waals surface area contributed by atoms with Crippen molar-refractivity contribution >= 4 is 33.5 Å². The lowest BCUT2D eigenvalue weighted by atomic mass is 10.1. The lowest BCUT2D eigenvalue weighted by molar-refractivity contribution is -0.114. The molecule has 30 heavy (non-hydrogen) atoms. The van der Waals surface area contributed by atoms with E-state index in [1.807, 2.05) is 13.0 Å². The van der Waals surface area contributed by atoms with Crippen LogP contribution >= 0.6 is 0 Å². The molecule has 0 radical (unpaired) electrons. The lowest BCUT2D eigenvalue weighted by Crippen LogP contribution is -2.43. The second kappa shape index (κ2) is 8.85. The number of nitrogens with one attached hydrogen (secondary N) is 2. The van der Waals surface area contributed by atoms with Crippen LogP contribution < -0.4 is 14.9 Å². The Hall–Kier alpha value is -2.91. The molecule has 1 aliphatic heterocycles. The Morgan fingerprint density at radius 3 is 2.53 bits per heavy atom. The SMILES string of the molecule is CN=Cc1ccc(N2CC[C@@H](NS(=O)(=O)c3ccc(NC(C)=O)cc3)[C@@H]2C)cc1O. The number of nitrogens with zero attached hydrogens (tertiary/aromatic N) is 2. The molecule has 0 unspecified atom stereocenters. The third-order valence-corrected chi connectivity index (χ3v) is 6.67. The second-order valence-electron chi connectivity index (χ2n) is 7.29. The molecule has 1 fully saturated rings. The molecule has 0 spiro atoms. The summed E-state index contributed by atoms with van der Waals surface area (Å²) in [5.41, 5.74) is 2.00. The number of rotatable bonds is 6. The molecule has 2 aromatic rings. The van der Waals surface area contributed by atoms with Crippen LogP contribution in [0.15, 0.2) is 52.4 Å². The number of carbonyl (C=O) groups is 1. The molecule has 1 saturated heterocycles. The molecule has 1 aliphatic rings. The van der Waals surface area contributed by atoms with Gasteiger partial charge in [0.05, 0.1) is 4.90 Å². The number of hydrogen-bond acceptors (Lipinski definition) is 6. The predicted molar refractivity (Wildman–Crippen MR) is 118 cm³/mol. The molecule has 3 rings (SSSR count). The van der Waals surface area contributed by atoms with Crippen LogP contribution in [0.3, 0.4) is 0 Å². The molecule has 3 N–H and O–H groups in total. The van der Waals surface area contributed by atoms with Crippen LogP contribution in [0.1, 0.15) is 25.8 Å². The Morgan fingerprint density at radius 2 is 1.93 bits per heavy atom. The van der Waals surface area contributed by atoms with E-state index in [9.17, 15) is 18.3 Å². The third-order valence-electron chi connectivity index (χ3n) is 5.16. The zero-order valence-corrected chi connectivity index (χ0v) is 18.0. The third kappa shape index (κ3) is 4.80. The summed E-state index contributed by atoms with van der Waals surface area (Å²) in [5, 5.41) is 12.8. The smallest absolute Gasteiger partial charge is 0.240 e. The highest BCUT2D eigenvalue weighted by Gasteiger charge is 2.34. The van der Waals surface area contributed by atoms with Crippen molar-refractivity contribution in [3.05, 3.63) is 48.0 Å². The number of sulfonamides is 1. The van der Waals surface area contributed by atoms with Gasteiger partial charge in [-0.2, -0.15) is 0 Å². The average molecular weight is 431 g/mol. The zero-order chi connectivity index (χ0) is 21.9. The molecule has 0 bridgehead atoms. The van der Waals surface area contributed by atoms with E-state index in [4.69, 9.17) is 0 Å². The number of carbonyl (C=O) groups excluding carboxylic acids is 1. The Bertz CT molecular complexity index is 1050. The fourth-order valence-electron chi connectivity index (χ4n) is 3.61. The van der Waals surface area contributed by atoms with Gasteiger partial charge in [0.1, 0.15) is 5.75 Å². The van der Waals surface area contributed by atoms with E-state index in [-0.39, 0.29) is 28.6 Å². The number of amides is 1. The zero-order valence-electron chi connectivity index (χ0n) is 17.2. The van der Waals surface area contributed by atoms with Gasteiger partial charge in [-0.05, 0) is 49.7 Å². The predicted octanol–water partition coefficient (Wildman–Crippen LogP) is 2.35. The minimum absolute atomic E-state index is 0.0940. The van der Waals surface area contributed by atoms with Crippen LogP contribution in [0, 0.1) is 0 Å². The van der Waals surface area contributed by atoms with Crippen molar-refractivity contribution in [2.24, 2.45) is 4.99 Å². The summed E-state index contributed by atoms with van der Waals surface area (Å²) in [5.74, 6) is -0.0850. The topological polar surface area (TPSA) is 111 Å². The second-order valence-corrected chi connectivity index (χ2v) is 9.00. The van der Waals surface area contributed by atoms with Gasteiger partial charge in [0.2, 0.25) is 15.9 Å². The molecule has 1 heterocycles. The van der Waals surface area contributed by atoms with Crippen molar-refractivity contribution in [2.45, 2.75) is 37.2 Å². The summed E-state index contributed by atoms with van der Waals surface area (Å²) >= 11 is 0. The van der Waals surface area contributed by atoms with Crippen LogP contribution in [-0.4, -0.2) is 51.3 Å². The summed E-state index contributed by atoms with van der Waals surface area (Å²) in [7, 11) is -2.07. The van der Waals surface area contributed by atoms with Crippen molar-refractivity contribution in [1.82, 2.24) is 4.72 Å². The number of phenolic OH excluding ortho intramolecular Hbond substituents is 1. The Labute approximate surface area is 176 Å². The van der Waals surface area contributed by atoms with E-state index >= 15 is 0 Å². The first-order chi connectivity index (χ1) is 14.2. The van der Waals surface area contributed by atoms with Crippen molar-refractivity contribution in [1.29, 1.82) is 0 Å². The van der Waals surface area contributed by atoms with Gasteiger partial charge >= 0.3 is 0 Å². The average Bonchev–Trinajstić information content (AvgIpc) is 3.03. The highest BCUT2D eigenvalue weighted by Crippen LogP contribution is 2.30. The first-order valence-corrected chi connectivity index (χ1v) is 11.1. The molecule has 0 aliphatic carbocycles. The van der Waals surface area contributed by atoms with E-state index in [0.717, 1.165) is 5.69 Å². The van der Waals surface area contributed by atoms with E-state index in [1.54, 1.807) is 37.5 Å². The maximum absolute atomic E-state index is 12.8. The van der Waals surface area contributed by atoms with Crippen LogP contribution in [-0.2, 0) is 14.8 Å². The normalized spacial score (nSPS) is 19.4. The molecular formula is C21H26N4O4S. The number of phenols is 1. The summed E-state index contributed by atoms with van der Waals surface area (Å²) < 4.78 is 28.4. The summed E-state index contributed by atoms with van der Waals surface area (Å²) in [6.07, 6.45) is 2.23. The Morgan fingerprint density at radius 1 is 1.23 bits per heavy atom. The number of aromatic hydroxyl groups is 1. The van der Waals surface area contributed by atoms with E-state index in [1.165, 1.54) is 19.1 Å². The van der Waals surface area contributed by atoms with E-state index in [0.29, 0.717) is 24.2 Å². The summed E-state index contributed by atoms with van der Waals surface area (Å²) in [4.78, 5) is 17.2. The van der Waals surface area contributed by atoms with E-state index < -0.39 is 10.0 Å². The van der Waals surface area contributed by atoms with E-state index in [2.05, 4.69) is 19.9 Å². The van der Waals surface area contributed by atoms with Gasteiger partial charge in [-0.3, -0.25) is 9.79 Å². The number of aliphatic imine (C=N–C) groups is 1. The van der Waals surface area contributed by atoms with Crippen LogP contribution in [0.2, 0.25) is 0 Å². The van der Waals surface area contributed by atoms with Crippen LogP contribution in [0.4, 0.5) is 11.4 Å². The van der Waals surface area contributed by atoms with Crippen molar-refractivity contribution in [3.63, 3.8) is 0 Å². The maximum atomic E-state index is 12.8. The van der Waals surface area contributed by atoms with Gasteiger partial charge in [-0.1, -0.05) is 0 Å². The van der Waals surface area contributed by atoms with Gasteiger partial charge in [0, 0.05) is 61.8 Å². The van der Waals surface area contributed by atoms with Gasteiger partial charge in [0.15, 0.2) is 0 Å². The van der Waals surface area contributed by atoms with Gasteiger partial charge in [0.25, 0.3) is 0 Å².